The van der Waals surface area contributed by atoms with E-state index in [0.29, 0.717) is 12.0 Å². The second-order valence-electron chi connectivity index (χ2n) is 3.83. The largest absolute Gasteiger partial charge is 0.465 e. The molecule has 62 valence electrons. The van der Waals surface area contributed by atoms with E-state index in [1.165, 1.54) is 19.3 Å². The normalized spacial score (nSPS) is 40.1. The first-order valence-corrected chi connectivity index (χ1v) is 4.45. The maximum absolute atomic E-state index is 11.0. The Morgan fingerprint density at radius 3 is 3.00 bits per heavy atom. The Labute approximate surface area is 66.9 Å². The molecule has 2 aliphatic rings. The van der Waals surface area contributed by atoms with Crippen LogP contribution in [0.2, 0.25) is 0 Å². The van der Waals surface area contributed by atoms with Gasteiger partial charge in [-0.15, -0.1) is 0 Å². The lowest BCUT2D eigenvalue weighted by atomic mass is 9.99. The summed E-state index contributed by atoms with van der Waals surface area (Å²) < 4.78 is 4.98. The van der Waals surface area contributed by atoms with Crippen LogP contribution < -0.4 is 0 Å². The molecule has 0 amide bonds. The van der Waals surface area contributed by atoms with Gasteiger partial charge in [-0.25, -0.2) is 0 Å². The molecule has 11 heavy (non-hydrogen) atoms. The van der Waals surface area contributed by atoms with Crippen LogP contribution in [0.3, 0.4) is 0 Å². The molecule has 0 spiro atoms. The van der Waals surface area contributed by atoms with Gasteiger partial charge in [0.15, 0.2) is 0 Å². The number of carbonyl (C=O) groups excluding carboxylic acids is 1. The summed E-state index contributed by atoms with van der Waals surface area (Å²) in [5.41, 5.74) is 0.313. The van der Waals surface area contributed by atoms with Gasteiger partial charge in [0.2, 0.25) is 0 Å². The Morgan fingerprint density at radius 2 is 2.55 bits per heavy atom. The average Bonchev–Trinajstić information content (AvgIpc) is 2.66. The lowest BCUT2D eigenvalue weighted by molar-refractivity contribution is -0.141. The molecule has 2 rings (SSSR count). The predicted molar refractivity (Wildman–Crippen MR) is 41.0 cm³/mol. The van der Waals surface area contributed by atoms with Gasteiger partial charge in [-0.3, -0.25) is 4.79 Å². The van der Waals surface area contributed by atoms with Crippen molar-refractivity contribution in [3.63, 3.8) is 0 Å². The van der Waals surface area contributed by atoms with E-state index >= 15 is 0 Å². The van der Waals surface area contributed by atoms with Crippen LogP contribution in [-0.2, 0) is 9.53 Å². The lowest BCUT2D eigenvalue weighted by Gasteiger charge is -2.07. The van der Waals surface area contributed by atoms with Crippen molar-refractivity contribution in [2.24, 2.45) is 11.3 Å². The first-order chi connectivity index (χ1) is 5.28. The van der Waals surface area contributed by atoms with Crippen LogP contribution in [0.5, 0.6) is 0 Å². The number of hydrogen-bond donors (Lipinski definition) is 0. The molecule has 1 aliphatic carbocycles. The second-order valence-corrected chi connectivity index (χ2v) is 3.83. The minimum Gasteiger partial charge on any atom is -0.465 e. The minimum absolute atomic E-state index is 0.0566. The van der Waals surface area contributed by atoms with Gasteiger partial charge in [-0.1, -0.05) is 19.8 Å². The van der Waals surface area contributed by atoms with Gasteiger partial charge in [0, 0.05) is 5.41 Å². The summed E-state index contributed by atoms with van der Waals surface area (Å²) in [6.45, 7) is 2.89. The fraction of sp³-hybridized carbons (Fsp3) is 0.889. The monoisotopic (exact) mass is 154 g/mol. The molecule has 0 aromatic carbocycles. The van der Waals surface area contributed by atoms with Crippen LogP contribution in [-0.4, -0.2) is 12.6 Å². The van der Waals surface area contributed by atoms with Crippen molar-refractivity contribution in [1.82, 2.24) is 0 Å². The van der Waals surface area contributed by atoms with Gasteiger partial charge < -0.3 is 4.74 Å². The lowest BCUT2D eigenvalue weighted by Crippen LogP contribution is -2.04. The highest BCUT2D eigenvalue weighted by atomic mass is 16.5. The smallest absolute Gasteiger partial charge is 0.309 e. The summed E-state index contributed by atoms with van der Waals surface area (Å²) in [4.78, 5) is 11.0. The summed E-state index contributed by atoms with van der Waals surface area (Å²) in [6, 6.07) is 0. The van der Waals surface area contributed by atoms with Gasteiger partial charge in [0.05, 0.1) is 12.5 Å². The van der Waals surface area contributed by atoms with Crippen molar-refractivity contribution in [3.8, 4) is 0 Å². The molecule has 0 N–H and O–H groups in total. The number of esters is 1. The minimum atomic E-state index is 0.0566. The predicted octanol–water partition coefficient (Wildman–Crippen LogP) is 1.74. The van der Waals surface area contributed by atoms with Crippen LogP contribution in [0.1, 0.15) is 32.6 Å². The van der Waals surface area contributed by atoms with Crippen molar-refractivity contribution in [3.05, 3.63) is 0 Å². The first kappa shape index (κ1) is 7.14. The Balaban J connectivity index is 1.91. The molecule has 2 fully saturated rings. The molecule has 0 aromatic rings. The molecule has 0 bridgehead atoms. The number of fused-ring (bicyclic) bond motifs is 1. The third kappa shape index (κ3) is 0.959. The summed E-state index contributed by atoms with van der Waals surface area (Å²) in [6.07, 6.45) is 4.77. The number of rotatable bonds is 3. The molecular weight excluding hydrogens is 140 g/mol. The molecule has 0 radical (unpaired) electrons. The van der Waals surface area contributed by atoms with E-state index in [2.05, 4.69) is 6.92 Å². The van der Waals surface area contributed by atoms with Crippen LogP contribution in [0.15, 0.2) is 0 Å². The Morgan fingerprint density at radius 1 is 1.73 bits per heavy atom. The van der Waals surface area contributed by atoms with Crippen LogP contribution in [0.4, 0.5) is 0 Å². The van der Waals surface area contributed by atoms with E-state index in [4.69, 9.17) is 4.74 Å². The summed E-state index contributed by atoms with van der Waals surface area (Å²) >= 11 is 0. The molecule has 1 aliphatic heterocycles. The highest BCUT2D eigenvalue weighted by Gasteiger charge is 2.63. The highest BCUT2D eigenvalue weighted by molar-refractivity contribution is 5.79. The van der Waals surface area contributed by atoms with Crippen LogP contribution in [0.25, 0.3) is 0 Å². The number of hydrogen-bond acceptors (Lipinski definition) is 2. The standard InChI is InChI=1S/C9H14O2/c1-2-3-4-9-5-7(9)8(10)11-6-9/h7H,2-6H2,1H3/t7-,9+/m1/s1. The first-order valence-electron chi connectivity index (χ1n) is 4.45. The molecule has 1 saturated heterocycles. The zero-order chi connectivity index (χ0) is 7.90. The summed E-state index contributed by atoms with van der Waals surface area (Å²) in [5, 5.41) is 0. The van der Waals surface area contributed by atoms with Gasteiger partial charge in [0.25, 0.3) is 0 Å². The van der Waals surface area contributed by atoms with Crippen molar-refractivity contribution in [2.75, 3.05) is 6.61 Å². The maximum Gasteiger partial charge on any atom is 0.309 e. The number of carbonyl (C=O) groups is 1. The maximum atomic E-state index is 11.0. The van der Waals surface area contributed by atoms with Crippen molar-refractivity contribution in [2.45, 2.75) is 32.6 Å². The number of ether oxygens (including phenoxy) is 1. The van der Waals surface area contributed by atoms with Crippen LogP contribution in [0, 0.1) is 11.3 Å². The quantitative estimate of drug-likeness (QED) is 0.579. The van der Waals surface area contributed by atoms with E-state index in [-0.39, 0.29) is 11.9 Å². The molecule has 0 aromatic heterocycles. The molecule has 2 atom stereocenters. The molecule has 2 nitrogen and oxygen atoms in total. The zero-order valence-electron chi connectivity index (χ0n) is 6.93. The molecule has 1 heterocycles. The van der Waals surface area contributed by atoms with E-state index in [0.717, 1.165) is 6.42 Å². The third-order valence-electron chi connectivity index (χ3n) is 3.00. The molecule has 1 saturated carbocycles. The fourth-order valence-electron chi connectivity index (χ4n) is 2.03. The van der Waals surface area contributed by atoms with Gasteiger partial charge >= 0.3 is 5.97 Å². The molecular formula is C9H14O2. The molecule has 2 heteroatoms. The van der Waals surface area contributed by atoms with Gasteiger partial charge in [-0.2, -0.15) is 0 Å². The van der Waals surface area contributed by atoms with E-state index in [1.54, 1.807) is 0 Å². The Hall–Kier alpha value is -0.530. The van der Waals surface area contributed by atoms with Crippen molar-refractivity contribution >= 4 is 5.97 Å². The van der Waals surface area contributed by atoms with E-state index in [1.807, 2.05) is 0 Å². The van der Waals surface area contributed by atoms with Crippen LogP contribution >= 0.6 is 0 Å². The fourth-order valence-corrected chi connectivity index (χ4v) is 2.03. The number of unbranched alkanes of at least 4 members (excludes halogenated alkanes) is 1. The molecule has 0 unspecified atom stereocenters. The van der Waals surface area contributed by atoms with E-state index in [9.17, 15) is 4.79 Å². The van der Waals surface area contributed by atoms with Gasteiger partial charge in [0.1, 0.15) is 0 Å². The van der Waals surface area contributed by atoms with Crippen molar-refractivity contribution < 1.29 is 9.53 Å². The van der Waals surface area contributed by atoms with Crippen molar-refractivity contribution in [1.29, 1.82) is 0 Å². The summed E-state index contributed by atoms with van der Waals surface area (Å²) in [5.74, 6) is 0.343. The highest BCUT2D eigenvalue weighted by Crippen LogP contribution is 2.60. The Kier molecular flexibility index (Phi) is 1.44. The second kappa shape index (κ2) is 2.23. The number of cyclic esters (lactones) is 1. The van der Waals surface area contributed by atoms with Gasteiger partial charge in [-0.05, 0) is 12.8 Å². The van der Waals surface area contributed by atoms with E-state index < -0.39 is 0 Å². The SMILES string of the molecule is CCCC[C@]12COC(=O)[C@H]1C2. The third-order valence-corrected chi connectivity index (χ3v) is 3.00. The Bertz CT molecular complexity index is 188. The average molecular weight is 154 g/mol. The zero-order valence-corrected chi connectivity index (χ0v) is 6.93. The topological polar surface area (TPSA) is 26.3 Å². The summed E-state index contributed by atoms with van der Waals surface area (Å²) in [7, 11) is 0.